The van der Waals surface area contributed by atoms with E-state index in [0.29, 0.717) is 24.5 Å². The molecule has 0 saturated heterocycles. The van der Waals surface area contributed by atoms with Crippen LogP contribution in [-0.2, 0) is 14.3 Å². The monoisotopic (exact) mass is 332 g/mol. The maximum absolute atomic E-state index is 13.4. The molecule has 0 aromatic rings. The Hall–Kier alpha value is -0.960. The number of carbonyl (C=O) groups excluding carboxylic acids is 2. The van der Waals surface area contributed by atoms with Crippen molar-refractivity contribution >= 4 is 11.6 Å². The molecule has 7 atom stereocenters. The Bertz CT molecular complexity index is 582. The molecule has 3 aliphatic rings. The van der Waals surface area contributed by atoms with Crippen LogP contribution in [0.25, 0.3) is 0 Å². The number of rotatable bonds is 2. The first-order valence-corrected chi connectivity index (χ1v) is 9.41. The van der Waals surface area contributed by atoms with Gasteiger partial charge < -0.3 is 4.74 Å². The van der Waals surface area contributed by atoms with Gasteiger partial charge in [-0.05, 0) is 43.9 Å². The molecule has 0 unspecified atom stereocenters. The summed E-state index contributed by atoms with van der Waals surface area (Å²) in [5, 5.41) is 0. The Morgan fingerprint density at radius 1 is 1.21 bits per heavy atom. The van der Waals surface area contributed by atoms with Crippen LogP contribution in [0.4, 0.5) is 0 Å². The normalized spacial score (nSPS) is 51.7. The number of ketones is 2. The molecule has 3 aliphatic carbocycles. The van der Waals surface area contributed by atoms with Crippen LogP contribution in [0.2, 0.25) is 0 Å². The molecule has 0 heterocycles. The van der Waals surface area contributed by atoms with E-state index < -0.39 is 5.41 Å². The first kappa shape index (κ1) is 17.8. The smallest absolute Gasteiger partial charge is 0.145 e. The van der Waals surface area contributed by atoms with E-state index in [1.807, 2.05) is 13.0 Å². The molecule has 0 spiro atoms. The second kappa shape index (κ2) is 5.52. The lowest BCUT2D eigenvalue weighted by Crippen LogP contribution is -2.61. The number of hydrogen-bond donors (Lipinski definition) is 0. The highest BCUT2D eigenvalue weighted by Crippen LogP contribution is 2.67. The van der Waals surface area contributed by atoms with Crippen molar-refractivity contribution < 1.29 is 14.3 Å². The molecule has 0 aromatic carbocycles. The van der Waals surface area contributed by atoms with Gasteiger partial charge in [0, 0.05) is 36.2 Å². The molecule has 24 heavy (non-hydrogen) atoms. The minimum absolute atomic E-state index is 0.0491. The predicted molar refractivity (Wildman–Crippen MR) is 94.6 cm³/mol. The number of methoxy groups -OCH3 is 1. The summed E-state index contributed by atoms with van der Waals surface area (Å²) in [5.41, 5.74) is -0.973. The molecule has 3 fully saturated rings. The van der Waals surface area contributed by atoms with Crippen molar-refractivity contribution in [3.8, 4) is 0 Å². The number of carbonyl (C=O) groups is 2. The number of ether oxygens (including phenoxy) is 1. The molecule has 3 heteroatoms. The summed E-state index contributed by atoms with van der Waals surface area (Å²) < 4.78 is 5.97. The minimum atomic E-state index is -0.581. The average molecular weight is 332 g/mol. The molecule has 0 aromatic heterocycles. The lowest BCUT2D eigenvalue weighted by atomic mass is 9.44. The Balaban J connectivity index is 2.24. The first-order valence-electron chi connectivity index (χ1n) is 9.41. The van der Waals surface area contributed by atoms with Crippen LogP contribution >= 0.6 is 0 Å². The van der Waals surface area contributed by atoms with Crippen molar-refractivity contribution in [1.29, 1.82) is 0 Å². The van der Waals surface area contributed by atoms with Gasteiger partial charge in [0.25, 0.3) is 0 Å². The van der Waals surface area contributed by atoms with Gasteiger partial charge in [0.2, 0.25) is 0 Å². The second-order valence-corrected chi connectivity index (χ2v) is 9.07. The SMILES string of the molecule is C=C[C@]1(C)C[C@H](OC)[C@@]2(C)[C@H](C)CC[C@@]3(CCC(=O)[C@@H]32)[C@H](C)C1=O. The van der Waals surface area contributed by atoms with Crippen molar-refractivity contribution in [2.75, 3.05) is 7.11 Å². The summed E-state index contributed by atoms with van der Waals surface area (Å²) in [5.74, 6) is 0.870. The van der Waals surface area contributed by atoms with Gasteiger partial charge >= 0.3 is 0 Å². The molecule has 2 bridgehead atoms. The van der Waals surface area contributed by atoms with Crippen LogP contribution in [0.5, 0.6) is 0 Å². The molecule has 3 nitrogen and oxygen atoms in total. The topological polar surface area (TPSA) is 43.4 Å². The highest BCUT2D eigenvalue weighted by atomic mass is 16.5. The van der Waals surface area contributed by atoms with E-state index in [9.17, 15) is 9.59 Å². The van der Waals surface area contributed by atoms with Crippen molar-refractivity contribution in [1.82, 2.24) is 0 Å². The van der Waals surface area contributed by atoms with Gasteiger partial charge in [0.15, 0.2) is 0 Å². The van der Waals surface area contributed by atoms with E-state index >= 15 is 0 Å². The summed E-state index contributed by atoms with van der Waals surface area (Å²) >= 11 is 0. The van der Waals surface area contributed by atoms with Gasteiger partial charge in [-0.15, -0.1) is 6.58 Å². The predicted octanol–water partition coefficient (Wildman–Crippen LogP) is 4.20. The maximum Gasteiger partial charge on any atom is 0.145 e. The molecule has 3 rings (SSSR count). The molecule has 0 N–H and O–H groups in total. The fourth-order valence-corrected chi connectivity index (χ4v) is 6.45. The number of Topliss-reactive ketones (excluding diaryl/α,β-unsaturated/α-hetero) is 2. The third kappa shape index (κ3) is 2.00. The molecular weight excluding hydrogens is 300 g/mol. The average Bonchev–Trinajstić information content (AvgIpc) is 2.92. The fraction of sp³-hybridized carbons (Fsp3) is 0.810. The van der Waals surface area contributed by atoms with Crippen molar-refractivity contribution in [2.24, 2.45) is 34.0 Å². The summed E-state index contributed by atoms with van der Waals surface area (Å²) in [4.78, 5) is 26.4. The lowest BCUT2D eigenvalue weighted by Gasteiger charge is -2.60. The second-order valence-electron chi connectivity index (χ2n) is 9.07. The maximum atomic E-state index is 13.4. The van der Waals surface area contributed by atoms with Crippen LogP contribution < -0.4 is 0 Å². The highest BCUT2D eigenvalue weighted by Gasteiger charge is 2.67. The van der Waals surface area contributed by atoms with E-state index in [4.69, 9.17) is 4.74 Å². The van der Waals surface area contributed by atoms with Gasteiger partial charge in [0.05, 0.1) is 6.10 Å². The largest absolute Gasteiger partial charge is 0.381 e. The van der Waals surface area contributed by atoms with Crippen LogP contribution in [0.15, 0.2) is 12.7 Å². The zero-order valence-electron chi connectivity index (χ0n) is 15.9. The molecule has 0 radical (unpaired) electrons. The number of allylic oxidation sites excluding steroid dienone is 1. The quantitative estimate of drug-likeness (QED) is 0.712. The zero-order chi connectivity index (χ0) is 17.9. The van der Waals surface area contributed by atoms with Gasteiger partial charge in [-0.1, -0.05) is 26.8 Å². The van der Waals surface area contributed by atoms with E-state index in [1.165, 1.54) is 0 Å². The third-order valence-corrected chi connectivity index (χ3v) is 8.32. The highest BCUT2D eigenvalue weighted by molar-refractivity contribution is 5.92. The molecule has 3 saturated carbocycles. The standard InChI is InChI=1S/C21H32O3/c1-7-19(4)12-16(24-6)20(5)13(2)8-10-21(14(3)18(19)23)11-9-15(22)17(20)21/h7,13-14,16-17H,1,8-12H2,2-6H3/t13-,14-,16+,17-,19-,20-,21-/m1/s1. The first-order chi connectivity index (χ1) is 11.2. The third-order valence-electron chi connectivity index (χ3n) is 8.32. The Morgan fingerprint density at radius 2 is 1.88 bits per heavy atom. The molecular formula is C21H32O3. The Labute approximate surface area is 146 Å². The summed E-state index contributed by atoms with van der Waals surface area (Å²) in [6.07, 6.45) is 5.87. The van der Waals surface area contributed by atoms with Crippen LogP contribution in [0.1, 0.15) is 59.8 Å². The molecule has 0 aliphatic heterocycles. The summed E-state index contributed by atoms with van der Waals surface area (Å²) in [7, 11) is 1.73. The minimum Gasteiger partial charge on any atom is -0.381 e. The lowest BCUT2D eigenvalue weighted by molar-refractivity contribution is -0.180. The molecule has 0 amide bonds. The van der Waals surface area contributed by atoms with Crippen LogP contribution in [0, 0.1) is 34.0 Å². The van der Waals surface area contributed by atoms with Crippen molar-refractivity contribution in [3.63, 3.8) is 0 Å². The van der Waals surface area contributed by atoms with Gasteiger partial charge in [-0.25, -0.2) is 0 Å². The Morgan fingerprint density at radius 3 is 2.46 bits per heavy atom. The Kier molecular flexibility index (Phi) is 4.11. The van der Waals surface area contributed by atoms with Crippen LogP contribution in [-0.4, -0.2) is 24.8 Å². The van der Waals surface area contributed by atoms with Crippen molar-refractivity contribution in [2.45, 2.75) is 65.9 Å². The fourth-order valence-electron chi connectivity index (χ4n) is 6.45. The number of hydrogen-bond acceptors (Lipinski definition) is 3. The van der Waals surface area contributed by atoms with E-state index in [2.05, 4.69) is 27.4 Å². The van der Waals surface area contributed by atoms with E-state index in [0.717, 1.165) is 19.3 Å². The van der Waals surface area contributed by atoms with Crippen molar-refractivity contribution in [3.05, 3.63) is 12.7 Å². The van der Waals surface area contributed by atoms with Crippen LogP contribution in [0.3, 0.4) is 0 Å². The van der Waals surface area contributed by atoms with Gasteiger partial charge in [-0.2, -0.15) is 0 Å². The van der Waals surface area contributed by atoms with Gasteiger partial charge in [0.1, 0.15) is 11.6 Å². The molecule has 134 valence electrons. The summed E-state index contributed by atoms with van der Waals surface area (Å²) in [6.45, 7) is 12.6. The van der Waals surface area contributed by atoms with E-state index in [-0.39, 0.29) is 34.6 Å². The van der Waals surface area contributed by atoms with E-state index in [1.54, 1.807) is 7.11 Å². The summed E-state index contributed by atoms with van der Waals surface area (Å²) in [6, 6.07) is 0. The zero-order valence-corrected chi connectivity index (χ0v) is 15.9. The van der Waals surface area contributed by atoms with Gasteiger partial charge in [-0.3, -0.25) is 9.59 Å².